The van der Waals surface area contributed by atoms with E-state index >= 15 is 0 Å². The van der Waals surface area contributed by atoms with Crippen molar-refractivity contribution < 1.29 is 33.4 Å². The molecule has 2 aliphatic heterocycles. The van der Waals surface area contributed by atoms with E-state index in [9.17, 15) is 24.0 Å². The van der Waals surface area contributed by atoms with Gasteiger partial charge < -0.3 is 19.7 Å². The molecule has 172 valence electrons. The normalized spacial score (nSPS) is 16.6. The van der Waals surface area contributed by atoms with E-state index < -0.39 is 47.9 Å². The van der Waals surface area contributed by atoms with E-state index in [0.717, 1.165) is 4.90 Å². The van der Waals surface area contributed by atoms with Gasteiger partial charge in [-0.2, -0.15) is 0 Å². The van der Waals surface area contributed by atoms with E-state index in [1.807, 2.05) is 0 Å². The first-order valence-electron chi connectivity index (χ1n) is 10.4. The van der Waals surface area contributed by atoms with Crippen molar-refractivity contribution in [3.63, 3.8) is 0 Å². The highest BCUT2D eigenvalue weighted by molar-refractivity contribution is 6.21. The molecule has 0 radical (unpaired) electrons. The van der Waals surface area contributed by atoms with E-state index in [-0.39, 0.29) is 11.1 Å². The minimum absolute atomic E-state index is 0.212. The molecule has 0 saturated carbocycles. The van der Waals surface area contributed by atoms with Crippen LogP contribution in [0.1, 0.15) is 54.3 Å². The van der Waals surface area contributed by atoms with E-state index in [0.29, 0.717) is 31.6 Å². The molecule has 1 aromatic carbocycles. The summed E-state index contributed by atoms with van der Waals surface area (Å²) in [4.78, 5) is 63.1. The van der Waals surface area contributed by atoms with E-state index in [4.69, 9.17) is 9.47 Å². The lowest BCUT2D eigenvalue weighted by Crippen LogP contribution is -2.43. The Morgan fingerprint density at radius 1 is 1.06 bits per heavy atom. The number of hydrogen-bond acceptors (Lipinski definition) is 7. The van der Waals surface area contributed by atoms with Gasteiger partial charge in [0.15, 0.2) is 6.61 Å². The molecule has 32 heavy (non-hydrogen) atoms. The average Bonchev–Trinajstić information content (AvgIpc) is 2.94. The maximum absolute atomic E-state index is 12.3. The molecule has 0 aromatic heterocycles. The molecular weight excluding hydrogens is 418 g/mol. The van der Waals surface area contributed by atoms with Gasteiger partial charge in [-0.3, -0.25) is 24.1 Å². The van der Waals surface area contributed by atoms with Gasteiger partial charge in [0.25, 0.3) is 17.7 Å². The molecule has 2 aliphatic rings. The minimum Gasteiger partial charge on any atom is -0.455 e. The van der Waals surface area contributed by atoms with Gasteiger partial charge in [0, 0.05) is 25.8 Å². The smallest absolute Gasteiger partial charge is 0.410 e. The topological polar surface area (TPSA) is 122 Å². The van der Waals surface area contributed by atoms with Crippen molar-refractivity contribution in [1.29, 1.82) is 0 Å². The molecule has 0 spiro atoms. The summed E-state index contributed by atoms with van der Waals surface area (Å²) in [6.07, 6.45) is 0.437. The molecule has 1 aromatic rings. The predicted molar refractivity (Wildman–Crippen MR) is 113 cm³/mol. The third-order valence-corrected chi connectivity index (χ3v) is 5.20. The van der Waals surface area contributed by atoms with Crippen LogP contribution >= 0.6 is 0 Å². The van der Waals surface area contributed by atoms with E-state index in [1.165, 1.54) is 25.2 Å². The molecule has 4 amide bonds. The lowest BCUT2D eigenvalue weighted by molar-refractivity contribution is -0.153. The number of amides is 4. The number of piperidine rings is 1. The molecule has 2 heterocycles. The molecule has 1 fully saturated rings. The zero-order valence-corrected chi connectivity index (χ0v) is 18.6. The van der Waals surface area contributed by atoms with Gasteiger partial charge in [-0.15, -0.1) is 0 Å². The highest BCUT2D eigenvalue weighted by atomic mass is 16.6. The molecule has 10 heteroatoms. The first kappa shape index (κ1) is 23.2. The number of anilines is 1. The zero-order chi connectivity index (χ0) is 23.6. The summed E-state index contributed by atoms with van der Waals surface area (Å²) < 4.78 is 10.5. The molecule has 1 saturated heterocycles. The molecule has 0 atom stereocenters. The van der Waals surface area contributed by atoms with Crippen LogP contribution in [0.15, 0.2) is 18.2 Å². The summed E-state index contributed by atoms with van der Waals surface area (Å²) in [5, 5.41) is 2.56. The molecule has 3 rings (SSSR count). The fourth-order valence-electron chi connectivity index (χ4n) is 3.51. The van der Waals surface area contributed by atoms with Gasteiger partial charge in [0.2, 0.25) is 0 Å². The summed E-state index contributed by atoms with van der Waals surface area (Å²) in [5.41, 5.74) is 0.230. The minimum atomic E-state index is -0.586. The Labute approximate surface area is 185 Å². The summed E-state index contributed by atoms with van der Waals surface area (Å²) in [7, 11) is 1.39. The van der Waals surface area contributed by atoms with Gasteiger partial charge in [0.1, 0.15) is 5.60 Å². The molecule has 0 bridgehead atoms. The van der Waals surface area contributed by atoms with Crippen LogP contribution in [0.5, 0.6) is 0 Å². The Hall–Kier alpha value is -3.43. The number of imide groups is 1. The maximum Gasteiger partial charge on any atom is 0.410 e. The zero-order valence-electron chi connectivity index (χ0n) is 18.6. The van der Waals surface area contributed by atoms with Crippen molar-refractivity contribution in [1.82, 2.24) is 9.80 Å². The first-order valence-corrected chi connectivity index (χ1v) is 10.4. The van der Waals surface area contributed by atoms with Gasteiger partial charge >= 0.3 is 12.1 Å². The molecule has 0 aliphatic carbocycles. The Balaban J connectivity index is 1.45. The van der Waals surface area contributed by atoms with Gasteiger partial charge in [-0.05, 0) is 51.8 Å². The van der Waals surface area contributed by atoms with Crippen molar-refractivity contribution in [2.24, 2.45) is 5.92 Å². The van der Waals surface area contributed by atoms with Crippen molar-refractivity contribution in [2.75, 3.05) is 32.1 Å². The highest BCUT2D eigenvalue weighted by Gasteiger charge is 2.33. The third kappa shape index (κ3) is 5.24. The third-order valence-electron chi connectivity index (χ3n) is 5.20. The number of rotatable bonds is 4. The van der Waals surface area contributed by atoms with Crippen molar-refractivity contribution in [2.45, 2.75) is 39.2 Å². The summed E-state index contributed by atoms with van der Waals surface area (Å²) in [6.45, 7) is 5.64. The SMILES string of the molecule is CN1C(=O)c2ccc(NC(=O)COC(=O)C3CCN(C(=O)OC(C)(C)C)CC3)cc2C1=O. The second-order valence-electron chi connectivity index (χ2n) is 8.83. The van der Waals surface area contributed by atoms with Crippen LogP contribution in [0.25, 0.3) is 0 Å². The first-order chi connectivity index (χ1) is 15.0. The van der Waals surface area contributed by atoms with Crippen LogP contribution in [0.2, 0.25) is 0 Å². The van der Waals surface area contributed by atoms with Crippen LogP contribution < -0.4 is 5.32 Å². The van der Waals surface area contributed by atoms with E-state index in [1.54, 1.807) is 25.7 Å². The summed E-state index contributed by atoms with van der Waals surface area (Å²) in [6, 6.07) is 4.40. The number of benzene rings is 1. The van der Waals surface area contributed by atoms with Crippen molar-refractivity contribution in [3.05, 3.63) is 29.3 Å². The second-order valence-corrected chi connectivity index (χ2v) is 8.83. The number of carbonyl (C=O) groups excluding carboxylic acids is 5. The quantitative estimate of drug-likeness (QED) is 0.556. The van der Waals surface area contributed by atoms with Gasteiger partial charge in [-0.25, -0.2) is 4.79 Å². The second kappa shape index (κ2) is 8.97. The Morgan fingerprint density at radius 3 is 2.31 bits per heavy atom. The lowest BCUT2D eigenvalue weighted by atomic mass is 9.97. The summed E-state index contributed by atoms with van der Waals surface area (Å²) >= 11 is 0. The Morgan fingerprint density at radius 2 is 1.69 bits per heavy atom. The molecular formula is C22H27N3O7. The fourth-order valence-corrected chi connectivity index (χ4v) is 3.51. The number of nitrogens with zero attached hydrogens (tertiary/aromatic N) is 2. The van der Waals surface area contributed by atoms with Crippen molar-refractivity contribution >= 4 is 35.5 Å². The molecule has 10 nitrogen and oxygen atoms in total. The average molecular weight is 445 g/mol. The van der Waals surface area contributed by atoms with Gasteiger partial charge in [0.05, 0.1) is 17.0 Å². The van der Waals surface area contributed by atoms with Crippen molar-refractivity contribution in [3.8, 4) is 0 Å². The number of fused-ring (bicyclic) bond motifs is 1. The monoisotopic (exact) mass is 445 g/mol. The number of nitrogens with one attached hydrogen (secondary N) is 1. The molecule has 0 unspecified atom stereocenters. The van der Waals surface area contributed by atoms with Gasteiger partial charge in [-0.1, -0.05) is 0 Å². The lowest BCUT2D eigenvalue weighted by Gasteiger charge is -2.32. The number of ether oxygens (including phenoxy) is 2. The van der Waals surface area contributed by atoms with Crippen LogP contribution in [-0.2, 0) is 19.1 Å². The van der Waals surface area contributed by atoms with Crippen LogP contribution in [0.4, 0.5) is 10.5 Å². The van der Waals surface area contributed by atoms with E-state index in [2.05, 4.69) is 5.32 Å². The Bertz CT molecular complexity index is 959. The fraction of sp³-hybridized carbons (Fsp3) is 0.500. The highest BCUT2D eigenvalue weighted by Crippen LogP contribution is 2.25. The number of esters is 1. The number of hydrogen-bond donors (Lipinski definition) is 1. The predicted octanol–water partition coefficient (Wildman–Crippen LogP) is 2.04. The standard InChI is InChI=1S/C22H27N3O7/c1-22(2,3)32-21(30)25-9-7-13(8-10-25)20(29)31-12-17(26)23-14-5-6-15-16(11-14)19(28)24(4)18(15)27/h5-6,11,13H,7-10,12H2,1-4H3,(H,23,26). The summed E-state index contributed by atoms with van der Waals surface area (Å²) in [5.74, 6) is -2.30. The van der Waals surface area contributed by atoms with Crippen LogP contribution in [0.3, 0.4) is 0 Å². The number of carbonyl (C=O) groups is 5. The Kier molecular flexibility index (Phi) is 6.52. The largest absolute Gasteiger partial charge is 0.455 e. The number of likely N-dealkylation sites (tertiary alicyclic amines) is 1. The van der Waals surface area contributed by atoms with Crippen LogP contribution in [-0.4, -0.2) is 71.9 Å². The maximum atomic E-state index is 12.3. The molecule has 1 N–H and O–H groups in total. The van der Waals surface area contributed by atoms with Crippen LogP contribution in [0, 0.1) is 5.92 Å².